The molecule has 3 rings (SSSR count). The fraction of sp³-hybridized carbons (Fsp3) is 0.625. The van der Waals surface area contributed by atoms with E-state index in [9.17, 15) is 13.5 Å². The van der Waals surface area contributed by atoms with Gasteiger partial charge in [-0.25, -0.2) is 0 Å². The van der Waals surface area contributed by atoms with Gasteiger partial charge in [0.25, 0.3) is 10.1 Å². The number of benzene rings is 1. The molecule has 2 heterocycles. The van der Waals surface area contributed by atoms with Crippen LogP contribution in [-0.2, 0) is 28.5 Å². The summed E-state index contributed by atoms with van der Waals surface area (Å²) in [5.74, 6) is -0.805. The van der Waals surface area contributed by atoms with Gasteiger partial charge in [-0.05, 0) is 32.9 Å². The van der Waals surface area contributed by atoms with Crippen molar-refractivity contribution in [3.05, 3.63) is 29.8 Å². The van der Waals surface area contributed by atoms with Crippen molar-refractivity contribution in [1.29, 1.82) is 0 Å². The van der Waals surface area contributed by atoms with E-state index in [1.807, 2.05) is 6.92 Å². The average Bonchev–Trinajstić information content (AvgIpc) is 2.99. The highest BCUT2D eigenvalue weighted by Gasteiger charge is 2.55. The second-order valence-electron chi connectivity index (χ2n) is 6.51. The molecule has 2 aliphatic rings. The van der Waals surface area contributed by atoms with Gasteiger partial charge >= 0.3 is 0 Å². The van der Waals surface area contributed by atoms with Crippen molar-refractivity contribution < 1.29 is 31.9 Å². The Hall–Kier alpha value is -1.03. The molecule has 0 saturated carbocycles. The fourth-order valence-corrected chi connectivity index (χ4v) is 3.90. The highest BCUT2D eigenvalue weighted by atomic mass is 32.2. The van der Waals surface area contributed by atoms with Crippen LogP contribution in [0.1, 0.15) is 19.4 Å². The van der Waals surface area contributed by atoms with Crippen molar-refractivity contribution in [2.24, 2.45) is 0 Å². The number of fused-ring (bicyclic) bond motifs is 1. The predicted molar refractivity (Wildman–Crippen MR) is 83.9 cm³/mol. The largest absolute Gasteiger partial charge is 0.394 e. The summed E-state index contributed by atoms with van der Waals surface area (Å²) in [6, 6.07) is 6.41. The first-order valence-corrected chi connectivity index (χ1v) is 9.21. The predicted octanol–water partition coefficient (Wildman–Crippen LogP) is 0.980. The Labute approximate surface area is 141 Å². The second-order valence-corrected chi connectivity index (χ2v) is 8.13. The zero-order valence-corrected chi connectivity index (χ0v) is 14.7. The number of aryl methyl sites for hydroxylation is 1. The van der Waals surface area contributed by atoms with Crippen LogP contribution >= 0.6 is 0 Å². The van der Waals surface area contributed by atoms with Gasteiger partial charge < -0.3 is 19.3 Å². The van der Waals surface area contributed by atoms with E-state index in [0.717, 1.165) is 5.56 Å². The molecule has 0 radical (unpaired) electrons. The summed E-state index contributed by atoms with van der Waals surface area (Å²) >= 11 is 0. The number of rotatable bonds is 5. The van der Waals surface area contributed by atoms with Crippen LogP contribution in [0, 0.1) is 6.92 Å². The molecule has 0 spiro atoms. The van der Waals surface area contributed by atoms with Gasteiger partial charge in [0.2, 0.25) is 0 Å². The zero-order chi connectivity index (χ0) is 17.5. The number of aliphatic hydroxyl groups excluding tert-OH is 1. The molecular formula is C16H22O7S. The minimum Gasteiger partial charge on any atom is -0.394 e. The fourth-order valence-electron chi connectivity index (χ4n) is 2.98. The van der Waals surface area contributed by atoms with E-state index in [-0.39, 0.29) is 18.1 Å². The van der Waals surface area contributed by atoms with Gasteiger partial charge in [-0.2, -0.15) is 8.42 Å². The summed E-state index contributed by atoms with van der Waals surface area (Å²) in [5, 5.41) is 9.41. The van der Waals surface area contributed by atoms with Crippen molar-refractivity contribution in [2.45, 2.75) is 55.9 Å². The first-order chi connectivity index (χ1) is 11.2. The monoisotopic (exact) mass is 358 g/mol. The Kier molecular flexibility index (Phi) is 4.71. The lowest BCUT2D eigenvalue weighted by Crippen LogP contribution is -2.33. The number of aliphatic hydroxyl groups is 1. The van der Waals surface area contributed by atoms with Crippen molar-refractivity contribution in [3.8, 4) is 0 Å². The van der Waals surface area contributed by atoms with Gasteiger partial charge in [-0.3, -0.25) is 4.18 Å². The summed E-state index contributed by atoms with van der Waals surface area (Å²) in [5.41, 5.74) is 0.959. The molecule has 4 atom stereocenters. The lowest BCUT2D eigenvalue weighted by Gasteiger charge is -2.23. The van der Waals surface area contributed by atoms with Crippen LogP contribution in [0.3, 0.4) is 0 Å². The Morgan fingerprint density at radius 3 is 2.29 bits per heavy atom. The smallest absolute Gasteiger partial charge is 0.297 e. The summed E-state index contributed by atoms with van der Waals surface area (Å²) < 4.78 is 46.8. The van der Waals surface area contributed by atoms with Crippen LogP contribution in [0.5, 0.6) is 0 Å². The Morgan fingerprint density at radius 2 is 1.71 bits per heavy atom. The molecule has 1 unspecified atom stereocenters. The minimum atomic E-state index is -3.89. The van der Waals surface area contributed by atoms with Crippen LogP contribution in [0.25, 0.3) is 0 Å². The van der Waals surface area contributed by atoms with Crippen LogP contribution in [0.15, 0.2) is 29.2 Å². The number of hydrogen-bond donors (Lipinski definition) is 1. The molecular weight excluding hydrogens is 336 g/mol. The maximum absolute atomic E-state index is 12.3. The third-order valence-electron chi connectivity index (χ3n) is 4.12. The van der Waals surface area contributed by atoms with Crippen molar-refractivity contribution in [1.82, 2.24) is 0 Å². The topological polar surface area (TPSA) is 91.3 Å². The molecule has 0 amide bonds. The average molecular weight is 358 g/mol. The van der Waals surface area contributed by atoms with Crippen molar-refractivity contribution in [2.75, 3.05) is 13.2 Å². The van der Waals surface area contributed by atoms with Gasteiger partial charge in [0, 0.05) is 0 Å². The van der Waals surface area contributed by atoms with E-state index in [0.29, 0.717) is 0 Å². The van der Waals surface area contributed by atoms with E-state index in [4.69, 9.17) is 18.4 Å². The molecule has 0 aliphatic carbocycles. The van der Waals surface area contributed by atoms with Crippen LogP contribution < -0.4 is 0 Å². The quantitative estimate of drug-likeness (QED) is 0.785. The van der Waals surface area contributed by atoms with Gasteiger partial charge in [0.15, 0.2) is 5.79 Å². The van der Waals surface area contributed by atoms with E-state index in [2.05, 4.69) is 0 Å². The SMILES string of the molecule is Cc1ccc(S(=O)(=O)OC[C@H]2OC(CO)[C@@H]3OC(C)(C)O[C@H]23)cc1. The maximum atomic E-state index is 12.3. The Bertz CT molecular complexity index is 683. The summed E-state index contributed by atoms with van der Waals surface area (Å²) in [6.07, 6.45) is -2.12. The minimum absolute atomic E-state index is 0.0882. The van der Waals surface area contributed by atoms with Gasteiger partial charge in [0.05, 0.1) is 18.1 Å². The summed E-state index contributed by atoms with van der Waals surface area (Å²) in [7, 11) is -3.89. The molecule has 2 saturated heterocycles. The third kappa shape index (κ3) is 3.49. The zero-order valence-electron chi connectivity index (χ0n) is 13.8. The molecule has 7 nitrogen and oxygen atoms in total. The Morgan fingerprint density at radius 1 is 1.12 bits per heavy atom. The van der Waals surface area contributed by atoms with Crippen LogP contribution in [0.4, 0.5) is 0 Å². The summed E-state index contributed by atoms with van der Waals surface area (Å²) in [6.45, 7) is 4.97. The first-order valence-electron chi connectivity index (χ1n) is 7.80. The highest BCUT2D eigenvalue weighted by Crippen LogP contribution is 2.38. The maximum Gasteiger partial charge on any atom is 0.297 e. The Balaban J connectivity index is 1.69. The van der Waals surface area contributed by atoms with Gasteiger partial charge in [-0.1, -0.05) is 17.7 Å². The molecule has 8 heteroatoms. The molecule has 2 aliphatic heterocycles. The van der Waals surface area contributed by atoms with E-state index < -0.39 is 40.3 Å². The van der Waals surface area contributed by atoms with E-state index >= 15 is 0 Å². The third-order valence-corrected chi connectivity index (χ3v) is 5.42. The normalized spacial score (nSPS) is 32.0. The van der Waals surface area contributed by atoms with Crippen LogP contribution in [-0.4, -0.2) is 56.9 Å². The molecule has 1 aromatic rings. The lowest BCUT2D eigenvalue weighted by atomic mass is 10.1. The van der Waals surface area contributed by atoms with Gasteiger partial charge in [0.1, 0.15) is 24.4 Å². The molecule has 0 aromatic heterocycles. The summed E-state index contributed by atoms with van der Waals surface area (Å²) in [4.78, 5) is 0.0882. The van der Waals surface area contributed by atoms with Crippen molar-refractivity contribution >= 4 is 10.1 Å². The lowest BCUT2D eigenvalue weighted by molar-refractivity contribution is -0.192. The number of hydrogen-bond acceptors (Lipinski definition) is 7. The van der Waals surface area contributed by atoms with E-state index in [1.54, 1.807) is 26.0 Å². The highest BCUT2D eigenvalue weighted by molar-refractivity contribution is 7.86. The standard InChI is InChI=1S/C16H22O7S/c1-10-4-6-11(7-5-10)24(18,19)20-9-13-15-14(12(8-17)21-13)22-16(2,3)23-15/h4-7,12-15,17H,8-9H2,1-3H3/t12?,13-,14+,15-/m1/s1. The molecule has 134 valence electrons. The molecule has 1 N–H and O–H groups in total. The first kappa shape index (κ1) is 17.8. The van der Waals surface area contributed by atoms with Gasteiger partial charge in [-0.15, -0.1) is 0 Å². The number of ether oxygens (including phenoxy) is 3. The van der Waals surface area contributed by atoms with E-state index in [1.165, 1.54) is 12.1 Å². The molecule has 0 bridgehead atoms. The molecule has 24 heavy (non-hydrogen) atoms. The molecule has 2 fully saturated rings. The van der Waals surface area contributed by atoms with Crippen LogP contribution in [0.2, 0.25) is 0 Å². The molecule has 1 aromatic carbocycles. The second kappa shape index (κ2) is 6.36. The van der Waals surface area contributed by atoms with Crippen molar-refractivity contribution in [3.63, 3.8) is 0 Å².